The van der Waals surface area contributed by atoms with E-state index in [2.05, 4.69) is 34.8 Å². The van der Waals surface area contributed by atoms with Gasteiger partial charge in [0, 0.05) is 6.04 Å². The summed E-state index contributed by atoms with van der Waals surface area (Å²) in [6.07, 6.45) is 2.41. The molecule has 1 aromatic carbocycles. The Morgan fingerprint density at radius 3 is 2.79 bits per heavy atom. The molecule has 3 rings (SSSR count). The molecule has 0 amide bonds. The Hall–Kier alpha value is -0.870. The zero-order chi connectivity index (χ0) is 13.6. The van der Waals surface area contributed by atoms with Crippen LogP contribution in [0.25, 0.3) is 11.0 Å². The van der Waals surface area contributed by atoms with Crippen molar-refractivity contribution in [2.45, 2.75) is 39.7 Å². The predicted octanol–water partition coefficient (Wildman–Crippen LogP) is 4.58. The molecule has 3 nitrogen and oxygen atoms in total. The molecule has 1 aromatic heterocycles. The number of aromatic nitrogens is 2. The maximum atomic E-state index is 6.33. The molecule has 1 saturated carbocycles. The highest BCUT2D eigenvalue weighted by atomic mass is 35.5. The average molecular weight is 296 g/mol. The molecule has 0 saturated heterocycles. The van der Waals surface area contributed by atoms with Gasteiger partial charge in [-0.05, 0) is 36.3 Å². The number of hydrogen-bond acceptors (Lipinski definition) is 4. The number of rotatable bonds is 2. The number of hydrogen-bond donors (Lipinski definition) is 1. The fraction of sp³-hybridized carbons (Fsp3) is 0.571. The first-order valence-electron chi connectivity index (χ1n) is 6.63. The van der Waals surface area contributed by atoms with Crippen LogP contribution < -0.4 is 5.32 Å². The average Bonchev–Trinajstić information content (AvgIpc) is 2.87. The van der Waals surface area contributed by atoms with E-state index in [0.29, 0.717) is 17.4 Å². The Labute approximate surface area is 122 Å². The Morgan fingerprint density at radius 1 is 1.32 bits per heavy atom. The fourth-order valence-corrected chi connectivity index (χ4v) is 3.99. The Morgan fingerprint density at radius 2 is 2.11 bits per heavy atom. The van der Waals surface area contributed by atoms with Crippen molar-refractivity contribution in [3.8, 4) is 0 Å². The fourth-order valence-electron chi connectivity index (χ4n) is 3.24. The van der Waals surface area contributed by atoms with Crippen LogP contribution in [0.3, 0.4) is 0 Å². The van der Waals surface area contributed by atoms with Crippen LogP contribution in [-0.2, 0) is 0 Å². The van der Waals surface area contributed by atoms with Gasteiger partial charge in [0.25, 0.3) is 0 Å². The summed E-state index contributed by atoms with van der Waals surface area (Å²) in [5, 5.41) is 4.35. The minimum Gasteiger partial charge on any atom is -0.379 e. The first-order chi connectivity index (χ1) is 8.96. The molecule has 102 valence electrons. The van der Waals surface area contributed by atoms with Gasteiger partial charge in [0.05, 0.1) is 22.4 Å². The van der Waals surface area contributed by atoms with Crippen LogP contribution >= 0.6 is 23.3 Å². The topological polar surface area (TPSA) is 37.8 Å². The van der Waals surface area contributed by atoms with Crippen LogP contribution in [0, 0.1) is 11.3 Å². The largest absolute Gasteiger partial charge is 0.379 e. The van der Waals surface area contributed by atoms with E-state index in [1.54, 1.807) is 0 Å². The summed E-state index contributed by atoms with van der Waals surface area (Å²) in [6.45, 7) is 6.97. The third-order valence-corrected chi connectivity index (χ3v) is 4.90. The van der Waals surface area contributed by atoms with Gasteiger partial charge in [-0.15, -0.1) is 0 Å². The smallest absolute Gasteiger partial charge is 0.129 e. The zero-order valence-electron chi connectivity index (χ0n) is 11.4. The highest BCUT2D eigenvalue weighted by molar-refractivity contribution is 7.00. The normalized spacial score (nSPS) is 25.9. The molecule has 1 heterocycles. The quantitative estimate of drug-likeness (QED) is 0.881. The molecule has 0 aliphatic heterocycles. The highest BCUT2D eigenvalue weighted by Gasteiger charge is 2.37. The Kier molecular flexibility index (Phi) is 3.18. The highest BCUT2D eigenvalue weighted by Crippen LogP contribution is 2.43. The number of fused-ring (bicyclic) bond motifs is 1. The van der Waals surface area contributed by atoms with Crippen molar-refractivity contribution in [1.82, 2.24) is 8.75 Å². The minimum atomic E-state index is 0.401. The van der Waals surface area contributed by atoms with E-state index in [1.165, 1.54) is 24.6 Å². The molecule has 1 fully saturated rings. The molecule has 0 spiro atoms. The first-order valence-corrected chi connectivity index (χ1v) is 7.74. The van der Waals surface area contributed by atoms with Gasteiger partial charge >= 0.3 is 0 Å². The molecule has 2 atom stereocenters. The van der Waals surface area contributed by atoms with Gasteiger partial charge in [-0.1, -0.05) is 32.4 Å². The lowest BCUT2D eigenvalue weighted by Crippen LogP contribution is -2.22. The predicted molar refractivity (Wildman–Crippen MR) is 82.0 cm³/mol. The molecule has 0 bridgehead atoms. The number of benzene rings is 1. The second-order valence-corrected chi connectivity index (χ2v) is 7.29. The van der Waals surface area contributed by atoms with Crippen LogP contribution in [0.1, 0.15) is 33.6 Å². The van der Waals surface area contributed by atoms with Gasteiger partial charge in [0.2, 0.25) is 0 Å². The number of nitrogens with one attached hydrogen (secondary N) is 1. The van der Waals surface area contributed by atoms with Crippen LogP contribution in [0.2, 0.25) is 5.02 Å². The van der Waals surface area contributed by atoms with Crippen LogP contribution in [0.15, 0.2) is 12.1 Å². The summed E-state index contributed by atoms with van der Waals surface area (Å²) in [6, 6.07) is 4.28. The zero-order valence-corrected chi connectivity index (χ0v) is 13.0. The molecule has 2 unspecified atom stereocenters. The van der Waals surface area contributed by atoms with E-state index < -0.39 is 0 Å². The first kappa shape index (κ1) is 13.1. The lowest BCUT2D eigenvalue weighted by atomic mass is 9.91. The standard InChI is InChI=1S/C14H18ClN3S/c1-8-6-14(2,3)7-11(8)16-12-9(15)4-5-10-13(12)18-19-17-10/h4-5,8,11,16H,6-7H2,1-3H3. The molecule has 1 N–H and O–H groups in total. The summed E-state index contributed by atoms with van der Waals surface area (Å²) in [4.78, 5) is 0. The molecular formula is C14H18ClN3S. The monoisotopic (exact) mass is 295 g/mol. The van der Waals surface area contributed by atoms with Gasteiger partial charge in [-0.2, -0.15) is 8.75 Å². The van der Waals surface area contributed by atoms with Crippen molar-refractivity contribution in [2.24, 2.45) is 11.3 Å². The van der Waals surface area contributed by atoms with Gasteiger partial charge in [0.15, 0.2) is 0 Å². The lowest BCUT2D eigenvalue weighted by molar-refractivity contribution is 0.366. The minimum absolute atomic E-state index is 0.401. The van der Waals surface area contributed by atoms with Crippen LogP contribution in [0.5, 0.6) is 0 Å². The number of halogens is 1. The molecule has 2 aromatic rings. The van der Waals surface area contributed by atoms with E-state index in [-0.39, 0.29) is 0 Å². The second kappa shape index (κ2) is 4.60. The van der Waals surface area contributed by atoms with Crippen molar-refractivity contribution in [3.63, 3.8) is 0 Å². The third-order valence-electron chi connectivity index (χ3n) is 4.04. The molecular weight excluding hydrogens is 278 g/mol. The van der Waals surface area contributed by atoms with Gasteiger partial charge in [0.1, 0.15) is 11.0 Å². The van der Waals surface area contributed by atoms with E-state index in [0.717, 1.165) is 21.7 Å². The summed E-state index contributed by atoms with van der Waals surface area (Å²) < 4.78 is 8.64. The van der Waals surface area contributed by atoms with Crippen LogP contribution in [-0.4, -0.2) is 14.8 Å². The van der Waals surface area contributed by atoms with Crippen molar-refractivity contribution >= 4 is 40.0 Å². The molecule has 1 aliphatic carbocycles. The van der Waals surface area contributed by atoms with E-state index >= 15 is 0 Å². The summed E-state index contributed by atoms with van der Waals surface area (Å²) >= 11 is 7.57. The maximum Gasteiger partial charge on any atom is 0.129 e. The van der Waals surface area contributed by atoms with Crippen molar-refractivity contribution < 1.29 is 0 Å². The van der Waals surface area contributed by atoms with Gasteiger partial charge in [-0.3, -0.25) is 0 Å². The Bertz CT molecular complexity index is 608. The van der Waals surface area contributed by atoms with Gasteiger partial charge < -0.3 is 5.32 Å². The number of nitrogens with zero attached hydrogens (tertiary/aromatic N) is 2. The second-order valence-electron chi connectivity index (χ2n) is 6.35. The SMILES string of the molecule is CC1CC(C)(C)CC1Nc1c(Cl)ccc2nsnc12. The van der Waals surface area contributed by atoms with Crippen LogP contribution in [0.4, 0.5) is 5.69 Å². The third kappa shape index (κ3) is 2.43. The van der Waals surface area contributed by atoms with Crippen molar-refractivity contribution in [2.75, 3.05) is 5.32 Å². The Balaban J connectivity index is 1.93. The molecule has 1 aliphatic rings. The molecule has 0 radical (unpaired) electrons. The lowest BCUT2D eigenvalue weighted by Gasteiger charge is -2.20. The summed E-state index contributed by atoms with van der Waals surface area (Å²) in [5.41, 5.74) is 3.16. The van der Waals surface area contributed by atoms with E-state index in [4.69, 9.17) is 11.6 Å². The maximum absolute atomic E-state index is 6.33. The summed E-state index contributed by atoms with van der Waals surface area (Å²) in [7, 11) is 0. The van der Waals surface area contributed by atoms with E-state index in [9.17, 15) is 0 Å². The van der Waals surface area contributed by atoms with Crippen molar-refractivity contribution in [3.05, 3.63) is 17.2 Å². The van der Waals surface area contributed by atoms with Crippen molar-refractivity contribution in [1.29, 1.82) is 0 Å². The summed E-state index contributed by atoms with van der Waals surface area (Å²) in [5.74, 6) is 0.646. The number of anilines is 1. The molecule has 5 heteroatoms. The molecule has 19 heavy (non-hydrogen) atoms. The van der Waals surface area contributed by atoms with E-state index in [1.807, 2.05) is 12.1 Å². The van der Waals surface area contributed by atoms with Gasteiger partial charge in [-0.25, -0.2) is 0 Å².